The first-order valence-corrected chi connectivity index (χ1v) is 19.8. The maximum absolute atomic E-state index is 12.8. The summed E-state index contributed by atoms with van der Waals surface area (Å²) in [4.78, 5) is 55.1. The maximum atomic E-state index is 12.8. The van der Waals surface area contributed by atoms with Gasteiger partial charge in [-0.25, -0.2) is 0 Å². The van der Waals surface area contributed by atoms with Crippen LogP contribution < -0.4 is 0 Å². The number of hydrogen-bond donors (Lipinski definition) is 0. The summed E-state index contributed by atoms with van der Waals surface area (Å²) in [7, 11) is -2.19. The third-order valence-corrected chi connectivity index (χ3v) is 14.1. The van der Waals surface area contributed by atoms with Crippen LogP contribution in [-0.4, -0.2) is 89.5 Å². The standard InChI is InChI=1S/C30H44N2O6S4/c1-29(2,7-11-31-25(33)19-23-21(27(31)35)5-13-39-23)9-15-41(37)17-18-42(38)16-10-30(3,4)8-12-32-26(34)20-24-22(28(32)36)6-14-40-24/h19-22H,5-18H2,1-4H3. The lowest BCUT2D eigenvalue weighted by Gasteiger charge is -2.31. The molecule has 0 radical (unpaired) electrons. The number of imide groups is 2. The summed E-state index contributed by atoms with van der Waals surface area (Å²) in [5, 5.41) is 0. The number of hydrogen-bond acceptors (Lipinski definition) is 8. The molecule has 234 valence electrons. The molecule has 4 aliphatic rings. The van der Waals surface area contributed by atoms with Gasteiger partial charge in [-0.15, -0.1) is 23.5 Å². The predicted octanol–water partition coefficient (Wildman–Crippen LogP) is 4.11. The van der Waals surface area contributed by atoms with Gasteiger partial charge < -0.3 is 0 Å². The van der Waals surface area contributed by atoms with Crippen molar-refractivity contribution in [1.29, 1.82) is 0 Å². The number of carbonyl (C=O) groups is 4. The zero-order valence-electron chi connectivity index (χ0n) is 25.2. The molecule has 4 unspecified atom stereocenters. The molecule has 4 atom stereocenters. The molecule has 4 rings (SSSR count). The van der Waals surface area contributed by atoms with Gasteiger partial charge in [0, 0.05) is 79.7 Å². The average Bonchev–Trinajstić information content (AvgIpc) is 3.59. The molecule has 0 aromatic carbocycles. The number of nitrogens with zero attached hydrogens (tertiary/aromatic N) is 2. The highest BCUT2D eigenvalue weighted by atomic mass is 32.2. The Morgan fingerprint density at radius 3 is 1.43 bits per heavy atom. The Labute approximate surface area is 263 Å². The van der Waals surface area contributed by atoms with E-state index in [4.69, 9.17) is 0 Å². The fourth-order valence-corrected chi connectivity index (χ4v) is 11.4. The van der Waals surface area contributed by atoms with Gasteiger partial charge in [0.25, 0.3) is 11.8 Å². The Kier molecular flexibility index (Phi) is 11.4. The molecule has 0 aliphatic carbocycles. The van der Waals surface area contributed by atoms with Gasteiger partial charge in [0.15, 0.2) is 0 Å². The van der Waals surface area contributed by atoms with Crippen LogP contribution in [-0.2, 0) is 40.8 Å². The lowest BCUT2D eigenvalue weighted by atomic mass is 9.86. The minimum atomic E-state index is -1.10. The average molecular weight is 657 g/mol. The normalized spacial score (nSPS) is 24.5. The van der Waals surface area contributed by atoms with Gasteiger partial charge in [-0.05, 0) is 60.9 Å². The lowest BCUT2D eigenvalue weighted by Crippen LogP contribution is -2.44. The van der Waals surface area contributed by atoms with Crippen LogP contribution in [0.4, 0.5) is 0 Å². The molecule has 0 N–H and O–H groups in total. The molecule has 0 aromatic rings. The van der Waals surface area contributed by atoms with E-state index in [2.05, 4.69) is 27.7 Å². The van der Waals surface area contributed by atoms with E-state index in [1.807, 2.05) is 0 Å². The van der Waals surface area contributed by atoms with Crippen LogP contribution in [0.2, 0.25) is 0 Å². The summed E-state index contributed by atoms with van der Waals surface area (Å²) in [5.41, 5.74) is -0.363. The van der Waals surface area contributed by atoms with Crippen LogP contribution in [0.25, 0.3) is 0 Å². The van der Waals surface area contributed by atoms with Crippen LogP contribution in [0.1, 0.15) is 66.2 Å². The summed E-state index contributed by atoms with van der Waals surface area (Å²) in [6.07, 6.45) is 7.50. The first-order chi connectivity index (χ1) is 19.8. The van der Waals surface area contributed by atoms with Crippen molar-refractivity contribution >= 4 is 68.8 Å². The van der Waals surface area contributed by atoms with Crippen LogP contribution >= 0.6 is 23.5 Å². The van der Waals surface area contributed by atoms with Crippen LogP contribution in [0.15, 0.2) is 22.0 Å². The second-order valence-electron chi connectivity index (χ2n) is 13.2. The topological polar surface area (TPSA) is 109 Å². The van der Waals surface area contributed by atoms with Crippen molar-refractivity contribution in [2.24, 2.45) is 22.7 Å². The maximum Gasteiger partial charge on any atom is 0.253 e. The lowest BCUT2D eigenvalue weighted by molar-refractivity contribution is -0.147. The Balaban J connectivity index is 1.12. The third kappa shape index (κ3) is 8.69. The molecule has 0 saturated carbocycles. The van der Waals surface area contributed by atoms with Crippen molar-refractivity contribution in [3.05, 3.63) is 22.0 Å². The van der Waals surface area contributed by atoms with Crippen LogP contribution in [0.5, 0.6) is 0 Å². The Morgan fingerprint density at radius 1 is 0.667 bits per heavy atom. The number of amides is 4. The highest BCUT2D eigenvalue weighted by Crippen LogP contribution is 2.41. The molecule has 2 fully saturated rings. The number of carbonyl (C=O) groups excluding carboxylic acids is 4. The van der Waals surface area contributed by atoms with Gasteiger partial charge in [-0.3, -0.25) is 37.4 Å². The molecule has 0 aromatic heterocycles. The van der Waals surface area contributed by atoms with E-state index in [1.165, 1.54) is 9.80 Å². The summed E-state index contributed by atoms with van der Waals surface area (Å²) >= 11 is 3.20. The van der Waals surface area contributed by atoms with E-state index in [9.17, 15) is 27.6 Å². The monoisotopic (exact) mass is 656 g/mol. The molecule has 42 heavy (non-hydrogen) atoms. The first-order valence-electron chi connectivity index (χ1n) is 14.9. The SMILES string of the molecule is CC(C)(CCN1C(=O)C=C2SCCC2C1=O)CCS(=O)CCS(=O)CCC(C)(C)CCN1C(=O)C=C2SCCC2C1=O. The van der Waals surface area contributed by atoms with Crippen molar-refractivity contribution in [2.75, 3.05) is 47.6 Å². The minimum Gasteiger partial charge on any atom is -0.278 e. The second-order valence-corrected chi connectivity index (χ2v) is 18.9. The molecule has 4 heterocycles. The smallest absolute Gasteiger partial charge is 0.253 e. The van der Waals surface area contributed by atoms with E-state index < -0.39 is 21.6 Å². The largest absolute Gasteiger partial charge is 0.278 e. The van der Waals surface area contributed by atoms with Crippen molar-refractivity contribution in [3.63, 3.8) is 0 Å². The zero-order valence-corrected chi connectivity index (χ0v) is 28.5. The Hall–Kier alpha value is -1.24. The van der Waals surface area contributed by atoms with Crippen molar-refractivity contribution < 1.29 is 27.6 Å². The van der Waals surface area contributed by atoms with E-state index in [0.29, 0.717) is 61.8 Å². The second kappa shape index (κ2) is 14.2. The van der Waals surface area contributed by atoms with E-state index in [-0.39, 0.29) is 46.3 Å². The van der Waals surface area contributed by atoms with Crippen LogP contribution in [0, 0.1) is 22.7 Å². The molecular formula is C30H44N2O6S4. The quantitative estimate of drug-likeness (QED) is 0.243. The fraction of sp³-hybridized carbons (Fsp3) is 0.733. The molecule has 0 bridgehead atoms. The molecule has 12 heteroatoms. The van der Waals surface area contributed by atoms with Crippen molar-refractivity contribution in [2.45, 2.75) is 66.2 Å². The van der Waals surface area contributed by atoms with Gasteiger partial charge in [0.2, 0.25) is 11.8 Å². The van der Waals surface area contributed by atoms with E-state index in [0.717, 1.165) is 34.2 Å². The molecule has 0 spiro atoms. The van der Waals surface area contributed by atoms with Crippen molar-refractivity contribution in [1.82, 2.24) is 9.80 Å². The highest BCUT2D eigenvalue weighted by molar-refractivity contribution is 8.03. The van der Waals surface area contributed by atoms with E-state index in [1.54, 1.807) is 35.7 Å². The zero-order chi connectivity index (χ0) is 30.7. The molecule has 4 amide bonds. The number of rotatable bonds is 15. The highest BCUT2D eigenvalue weighted by Gasteiger charge is 2.40. The number of thioether (sulfide) groups is 2. The van der Waals surface area contributed by atoms with Gasteiger partial charge >= 0.3 is 0 Å². The van der Waals surface area contributed by atoms with Gasteiger partial charge in [0.1, 0.15) is 0 Å². The summed E-state index contributed by atoms with van der Waals surface area (Å²) in [6.45, 7) is 9.04. The Bertz CT molecular complexity index is 1120. The van der Waals surface area contributed by atoms with Gasteiger partial charge in [-0.1, -0.05) is 27.7 Å². The minimum absolute atomic E-state index is 0.0833. The Morgan fingerprint density at radius 2 is 1.05 bits per heavy atom. The number of fused-ring (bicyclic) bond motifs is 2. The third-order valence-electron chi connectivity index (χ3n) is 8.81. The van der Waals surface area contributed by atoms with Crippen molar-refractivity contribution in [3.8, 4) is 0 Å². The van der Waals surface area contributed by atoms with Gasteiger partial charge in [-0.2, -0.15) is 0 Å². The van der Waals surface area contributed by atoms with Gasteiger partial charge in [0.05, 0.1) is 11.8 Å². The summed E-state index contributed by atoms with van der Waals surface area (Å²) < 4.78 is 25.4. The molecule has 2 saturated heterocycles. The predicted molar refractivity (Wildman–Crippen MR) is 173 cm³/mol. The molecular weight excluding hydrogens is 613 g/mol. The molecule has 8 nitrogen and oxygen atoms in total. The van der Waals surface area contributed by atoms with Crippen LogP contribution in [0.3, 0.4) is 0 Å². The fourth-order valence-electron chi connectivity index (χ4n) is 5.53. The summed E-state index contributed by atoms with van der Waals surface area (Å²) in [6, 6.07) is 0. The first kappa shape index (κ1) is 33.6. The molecule has 4 aliphatic heterocycles. The summed E-state index contributed by atoms with van der Waals surface area (Å²) in [5.74, 6) is 2.58. The van der Waals surface area contributed by atoms with E-state index >= 15 is 0 Å².